The molecule has 0 aromatic heterocycles. The number of benzene rings is 1. The van der Waals surface area contributed by atoms with Crippen LogP contribution in [0.25, 0.3) is 0 Å². The van der Waals surface area contributed by atoms with E-state index in [2.05, 4.69) is 6.58 Å². The summed E-state index contributed by atoms with van der Waals surface area (Å²) in [5, 5.41) is 1.89. The van der Waals surface area contributed by atoms with Crippen LogP contribution >= 0.6 is 0 Å². The normalized spacial score (nSPS) is 11.0. The largest absolute Gasteiger partial charge is 0.320 e. The molecule has 1 aromatic rings. The molecule has 4 nitrogen and oxygen atoms in total. The zero-order valence-corrected chi connectivity index (χ0v) is 10.1. The van der Waals surface area contributed by atoms with Crippen molar-refractivity contribution in [2.24, 2.45) is 0 Å². The molecular formula is C11H11F2NO3S. The second-order valence-electron chi connectivity index (χ2n) is 3.49. The van der Waals surface area contributed by atoms with E-state index in [4.69, 9.17) is 0 Å². The van der Waals surface area contributed by atoms with Crippen LogP contribution in [-0.2, 0) is 14.6 Å². The first-order chi connectivity index (χ1) is 8.35. The SMILES string of the molecule is C=CCS(=O)(=O)CC(=O)Nc1c(F)cccc1F. The number of hydrogen-bond donors (Lipinski definition) is 1. The van der Waals surface area contributed by atoms with Gasteiger partial charge in [0, 0.05) is 0 Å². The van der Waals surface area contributed by atoms with Crippen molar-refractivity contribution in [1.82, 2.24) is 0 Å². The zero-order chi connectivity index (χ0) is 13.8. The van der Waals surface area contributed by atoms with E-state index in [0.29, 0.717) is 0 Å². The molecule has 1 N–H and O–H groups in total. The Bertz CT molecular complexity index is 549. The molecule has 0 aliphatic rings. The predicted molar refractivity (Wildman–Crippen MR) is 63.8 cm³/mol. The number of rotatable bonds is 5. The Labute approximate surface area is 103 Å². The fourth-order valence-corrected chi connectivity index (χ4v) is 2.18. The van der Waals surface area contributed by atoms with Gasteiger partial charge in [-0.05, 0) is 12.1 Å². The summed E-state index contributed by atoms with van der Waals surface area (Å²) in [6.07, 6.45) is 1.13. The third-order valence-corrected chi connectivity index (χ3v) is 3.40. The Balaban J connectivity index is 2.80. The molecule has 1 rings (SSSR count). The maximum atomic E-state index is 13.2. The van der Waals surface area contributed by atoms with Gasteiger partial charge in [0.1, 0.15) is 23.1 Å². The summed E-state index contributed by atoms with van der Waals surface area (Å²) < 4.78 is 48.9. The highest BCUT2D eigenvalue weighted by Gasteiger charge is 2.18. The number of hydrogen-bond acceptors (Lipinski definition) is 3. The number of sulfone groups is 1. The van der Waals surface area contributed by atoms with Gasteiger partial charge in [-0.2, -0.15) is 0 Å². The molecule has 0 saturated carbocycles. The van der Waals surface area contributed by atoms with Gasteiger partial charge in [0.05, 0.1) is 5.75 Å². The van der Waals surface area contributed by atoms with Crippen LogP contribution < -0.4 is 5.32 Å². The van der Waals surface area contributed by atoms with Gasteiger partial charge in [0.2, 0.25) is 5.91 Å². The fraction of sp³-hybridized carbons (Fsp3) is 0.182. The Morgan fingerprint density at radius 2 is 1.89 bits per heavy atom. The molecule has 0 aliphatic heterocycles. The van der Waals surface area contributed by atoms with Crippen LogP contribution in [0.1, 0.15) is 0 Å². The molecule has 0 heterocycles. The van der Waals surface area contributed by atoms with Gasteiger partial charge in [0.15, 0.2) is 9.84 Å². The lowest BCUT2D eigenvalue weighted by molar-refractivity contribution is -0.113. The Kier molecular flexibility index (Phi) is 4.55. The number of halogens is 2. The molecule has 7 heteroatoms. The second-order valence-corrected chi connectivity index (χ2v) is 5.60. The van der Waals surface area contributed by atoms with E-state index in [1.807, 2.05) is 5.32 Å². The second kappa shape index (κ2) is 5.72. The molecule has 0 unspecified atom stereocenters. The van der Waals surface area contributed by atoms with Crippen molar-refractivity contribution in [3.63, 3.8) is 0 Å². The molecule has 18 heavy (non-hydrogen) atoms. The number of para-hydroxylation sites is 1. The minimum atomic E-state index is -3.65. The number of carbonyl (C=O) groups excluding carboxylic acids is 1. The highest BCUT2D eigenvalue weighted by atomic mass is 32.2. The van der Waals surface area contributed by atoms with Crippen molar-refractivity contribution < 1.29 is 22.0 Å². The average molecular weight is 275 g/mol. The summed E-state index contributed by atoms with van der Waals surface area (Å²) in [7, 11) is -3.65. The first kappa shape index (κ1) is 14.3. The average Bonchev–Trinajstić information content (AvgIpc) is 2.22. The highest BCUT2D eigenvalue weighted by Crippen LogP contribution is 2.17. The summed E-state index contributed by atoms with van der Waals surface area (Å²) in [5.74, 6) is -4.16. The van der Waals surface area contributed by atoms with Crippen molar-refractivity contribution in [3.05, 3.63) is 42.5 Å². The standard InChI is InChI=1S/C11H11F2NO3S/c1-2-6-18(16,17)7-10(15)14-11-8(12)4-3-5-9(11)13/h2-5H,1,6-7H2,(H,14,15). The van der Waals surface area contributed by atoms with E-state index < -0.39 is 38.8 Å². The lowest BCUT2D eigenvalue weighted by Gasteiger charge is -2.07. The zero-order valence-electron chi connectivity index (χ0n) is 9.32. The van der Waals surface area contributed by atoms with E-state index in [-0.39, 0.29) is 5.75 Å². The molecule has 1 amide bonds. The van der Waals surface area contributed by atoms with E-state index in [0.717, 1.165) is 24.3 Å². The third-order valence-electron chi connectivity index (χ3n) is 1.95. The van der Waals surface area contributed by atoms with E-state index in [9.17, 15) is 22.0 Å². The number of amides is 1. The van der Waals surface area contributed by atoms with Crippen molar-refractivity contribution in [2.45, 2.75) is 0 Å². The number of anilines is 1. The maximum Gasteiger partial charge on any atom is 0.239 e. The summed E-state index contributed by atoms with van der Waals surface area (Å²) in [4.78, 5) is 11.3. The molecule has 0 saturated heterocycles. The monoisotopic (exact) mass is 275 g/mol. The first-order valence-electron chi connectivity index (χ1n) is 4.91. The number of carbonyl (C=O) groups is 1. The van der Waals surface area contributed by atoms with Gasteiger partial charge in [-0.3, -0.25) is 4.79 Å². The van der Waals surface area contributed by atoms with Crippen LogP contribution in [0.5, 0.6) is 0 Å². The third kappa shape index (κ3) is 3.92. The minimum absolute atomic E-state index is 0.375. The molecule has 0 spiro atoms. The Hall–Kier alpha value is -1.76. The summed E-state index contributed by atoms with van der Waals surface area (Å²) in [6.45, 7) is 3.23. The van der Waals surface area contributed by atoms with Gasteiger partial charge in [-0.1, -0.05) is 12.1 Å². The quantitative estimate of drug-likeness (QED) is 0.828. The molecule has 0 aliphatic carbocycles. The molecule has 0 atom stereocenters. The van der Waals surface area contributed by atoms with Crippen LogP contribution in [0.3, 0.4) is 0 Å². The molecule has 0 fully saturated rings. The van der Waals surface area contributed by atoms with Crippen molar-refractivity contribution in [1.29, 1.82) is 0 Å². The molecule has 0 bridgehead atoms. The van der Waals surface area contributed by atoms with Crippen molar-refractivity contribution in [2.75, 3.05) is 16.8 Å². The predicted octanol–water partition coefficient (Wildman–Crippen LogP) is 1.50. The summed E-state index contributed by atoms with van der Waals surface area (Å²) >= 11 is 0. The molecule has 1 aromatic carbocycles. The lowest BCUT2D eigenvalue weighted by Crippen LogP contribution is -2.25. The molecular weight excluding hydrogens is 264 g/mol. The number of nitrogens with one attached hydrogen (secondary N) is 1. The topological polar surface area (TPSA) is 63.2 Å². The smallest absolute Gasteiger partial charge is 0.239 e. The highest BCUT2D eigenvalue weighted by molar-refractivity contribution is 7.92. The molecule has 98 valence electrons. The van der Waals surface area contributed by atoms with Crippen LogP contribution in [0, 0.1) is 11.6 Å². The van der Waals surface area contributed by atoms with Gasteiger partial charge < -0.3 is 5.32 Å². The lowest BCUT2D eigenvalue weighted by atomic mass is 10.3. The minimum Gasteiger partial charge on any atom is -0.320 e. The van der Waals surface area contributed by atoms with Gasteiger partial charge in [-0.15, -0.1) is 6.58 Å². The van der Waals surface area contributed by atoms with Gasteiger partial charge in [-0.25, -0.2) is 17.2 Å². The van der Waals surface area contributed by atoms with E-state index in [1.165, 1.54) is 0 Å². The molecule has 0 radical (unpaired) electrons. The summed E-state index contributed by atoms with van der Waals surface area (Å²) in [6, 6.07) is 3.04. The van der Waals surface area contributed by atoms with E-state index >= 15 is 0 Å². The Morgan fingerprint density at radius 3 is 2.39 bits per heavy atom. The summed E-state index contributed by atoms with van der Waals surface area (Å²) in [5.41, 5.74) is -0.656. The van der Waals surface area contributed by atoms with Crippen LogP contribution in [0.4, 0.5) is 14.5 Å². The first-order valence-corrected chi connectivity index (χ1v) is 6.73. The van der Waals surface area contributed by atoms with Crippen LogP contribution in [0.15, 0.2) is 30.9 Å². The maximum absolute atomic E-state index is 13.2. The van der Waals surface area contributed by atoms with Gasteiger partial charge in [0.25, 0.3) is 0 Å². The van der Waals surface area contributed by atoms with Crippen molar-refractivity contribution in [3.8, 4) is 0 Å². The Morgan fingerprint density at radius 1 is 1.33 bits per heavy atom. The van der Waals surface area contributed by atoms with Crippen LogP contribution in [0.2, 0.25) is 0 Å². The van der Waals surface area contributed by atoms with Crippen LogP contribution in [-0.4, -0.2) is 25.8 Å². The van der Waals surface area contributed by atoms with E-state index in [1.54, 1.807) is 0 Å². The van der Waals surface area contributed by atoms with Crippen molar-refractivity contribution >= 4 is 21.4 Å². The van der Waals surface area contributed by atoms with Gasteiger partial charge >= 0.3 is 0 Å². The fourth-order valence-electron chi connectivity index (χ4n) is 1.23.